The fraction of sp³-hybridized carbons (Fsp3) is 0.867. The number of nitrogens with zero attached hydrogens (tertiary/aromatic N) is 1. The fourth-order valence-electron chi connectivity index (χ4n) is 3.14. The van der Waals surface area contributed by atoms with Gasteiger partial charge in [0, 0.05) is 11.2 Å². The van der Waals surface area contributed by atoms with E-state index in [1.807, 2.05) is 20.8 Å². The molecule has 1 saturated heterocycles. The van der Waals surface area contributed by atoms with Crippen molar-refractivity contribution in [3.05, 3.63) is 0 Å². The highest BCUT2D eigenvalue weighted by atomic mass is 32.2. The molecule has 1 N–H and O–H groups in total. The molecule has 0 radical (unpaired) electrons. The molecule has 0 spiro atoms. The minimum Gasteiger partial charge on any atom is -0.480 e. The van der Waals surface area contributed by atoms with Crippen LogP contribution in [0.5, 0.6) is 0 Å². The summed E-state index contributed by atoms with van der Waals surface area (Å²) in [6.45, 7) is 5.61. The standard InChI is InChI=1S/C15H25NO3S/c1-15(2,3)14(19)16-11(13(17)18)9-20-12(16)10-7-5-4-6-8-10/h10-12H,4-9H2,1-3H3,(H,17,18)/t11-,12-/m0/s1. The van der Waals surface area contributed by atoms with Gasteiger partial charge in [-0.15, -0.1) is 11.8 Å². The predicted molar refractivity (Wildman–Crippen MR) is 80.5 cm³/mol. The van der Waals surface area contributed by atoms with Gasteiger partial charge in [-0.1, -0.05) is 40.0 Å². The van der Waals surface area contributed by atoms with E-state index >= 15 is 0 Å². The van der Waals surface area contributed by atoms with E-state index in [9.17, 15) is 14.7 Å². The predicted octanol–water partition coefficient (Wildman–Crippen LogP) is 2.97. The second-order valence-corrected chi connectivity index (χ2v) is 8.09. The van der Waals surface area contributed by atoms with Crippen LogP contribution in [0.4, 0.5) is 0 Å². The number of thioether (sulfide) groups is 1. The van der Waals surface area contributed by atoms with Crippen LogP contribution in [0, 0.1) is 11.3 Å². The van der Waals surface area contributed by atoms with Gasteiger partial charge < -0.3 is 10.0 Å². The number of carbonyl (C=O) groups is 2. The molecule has 2 rings (SSSR count). The molecule has 0 aromatic heterocycles. The summed E-state index contributed by atoms with van der Waals surface area (Å²) in [5, 5.41) is 9.47. The monoisotopic (exact) mass is 299 g/mol. The molecule has 0 aromatic carbocycles. The quantitative estimate of drug-likeness (QED) is 0.851. The Balaban J connectivity index is 2.22. The summed E-state index contributed by atoms with van der Waals surface area (Å²) in [5.74, 6) is 0.0986. The number of amides is 1. The van der Waals surface area contributed by atoms with Crippen LogP contribution in [0.2, 0.25) is 0 Å². The van der Waals surface area contributed by atoms with E-state index in [0.29, 0.717) is 11.7 Å². The summed E-state index contributed by atoms with van der Waals surface area (Å²) in [6, 6.07) is -0.654. The largest absolute Gasteiger partial charge is 0.480 e. The van der Waals surface area contributed by atoms with Crippen LogP contribution < -0.4 is 0 Å². The molecule has 4 nitrogen and oxygen atoms in total. The lowest BCUT2D eigenvalue weighted by Gasteiger charge is -2.37. The highest BCUT2D eigenvalue weighted by Crippen LogP contribution is 2.42. The maximum absolute atomic E-state index is 12.7. The van der Waals surface area contributed by atoms with E-state index in [4.69, 9.17) is 0 Å². The normalized spacial score (nSPS) is 28.6. The molecular weight excluding hydrogens is 274 g/mol. The SMILES string of the molecule is CC(C)(C)C(=O)N1[C@H](C(=O)O)CS[C@H]1C1CCCCC1. The number of aliphatic carboxylic acids is 1. The van der Waals surface area contributed by atoms with E-state index in [1.165, 1.54) is 19.3 Å². The summed E-state index contributed by atoms with van der Waals surface area (Å²) >= 11 is 1.66. The van der Waals surface area contributed by atoms with E-state index in [2.05, 4.69) is 0 Å². The summed E-state index contributed by atoms with van der Waals surface area (Å²) in [4.78, 5) is 25.8. The van der Waals surface area contributed by atoms with Crippen LogP contribution in [0.3, 0.4) is 0 Å². The lowest BCUT2D eigenvalue weighted by atomic mass is 9.87. The first-order valence-corrected chi connectivity index (χ1v) is 8.54. The van der Waals surface area contributed by atoms with Crippen LogP contribution in [-0.4, -0.2) is 39.1 Å². The van der Waals surface area contributed by atoms with Crippen LogP contribution in [0.15, 0.2) is 0 Å². The molecule has 5 heteroatoms. The molecule has 1 aliphatic heterocycles. The van der Waals surface area contributed by atoms with Crippen molar-refractivity contribution in [3.63, 3.8) is 0 Å². The Labute approximate surface area is 125 Å². The van der Waals surface area contributed by atoms with Gasteiger partial charge in [0.2, 0.25) is 5.91 Å². The zero-order valence-corrected chi connectivity index (χ0v) is 13.4. The first-order chi connectivity index (χ1) is 9.32. The molecule has 114 valence electrons. The maximum Gasteiger partial charge on any atom is 0.327 e. The van der Waals surface area contributed by atoms with E-state index in [1.54, 1.807) is 16.7 Å². The number of carbonyl (C=O) groups excluding carboxylic acids is 1. The van der Waals surface area contributed by atoms with Gasteiger partial charge >= 0.3 is 5.97 Å². The Morgan fingerprint density at radius 1 is 1.15 bits per heavy atom. The molecule has 1 amide bonds. The zero-order valence-electron chi connectivity index (χ0n) is 12.6. The van der Waals surface area contributed by atoms with Crippen LogP contribution in [0.25, 0.3) is 0 Å². The molecule has 0 aromatic rings. The summed E-state index contributed by atoms with van der Waals surface area (Å²) < 4.78 is 0. The lowest BCUT2D eigenvalue weighted by molar-refractivity contribution is -0.153. The van der Waals surface area contributed by atoms with Crippen LogP contribution >= 0.6 is 11.8 Å². The lowest BCUT2D eigenvalue weighted by Crippen LogP contribution is -2.51. The van der Waals surface area contributed by atoms with Gasteiger partial charge in [-0.3, -0.25) is 4.79 Å². The van der Waals surface area contributed by atoms with Crippen molar-refractivity contribution < 1.29 is 14.7 Å². The van der Waals surface area contributed by atoms with Crippen LogP contribution in [0.1, 0.15) is 52.9 Å². The molecular formula is C15H25NO3S. The molecule has 1 aliphatic carbocycles. The van der Waals surface area contributed by atoms with E-state index in [-0.39, 0.29) is 11.3 Å². The average Bonchev–Trinajstić information content (AvgIpc) is 2.82. The fourth-order valence-corrected chi connectivity index (χ4v) is 4.78. The summed E-state index contributed by atoms with van der Waals surface area (Å²) in [7, 11) is 0. The third-order valence-electron chi connectivity index (χ3n) is 4.25. The van der Waals surface area contributed by atoms with Gasteiger partial charge in [-0.25, -0.2) is 4.79 Å². The minimum atomic E-state index is -0.867. The van der Waals surface area contributed by atoms with Crippen molar-refractivity contribution in [2.24, 2.45) is 11.3 Å². The number of carboxylic acids is 1. The molecule has 0 unspecified atom stereocenters. The van der Waals surface area contributed by atoms with Gasteiger partial charge in [0.15, 0.2) is 0 Å². The van der Waals surface area contributed by atoms with Crippen molar-refractivity contribution in [2.45, 2.75) is 64.3 Å². The van der Waals surface area contributed by atoms with Crippen molar-refractivity contribution in [1.82, 2.24) is 4.90 Å². The molecule has 1 saturated carbocycles. The second-order valence-electron chi connectivity index (χ2n) is 6.94. The molecule has 1 heterocycles. The Hall–Kier alpha value is -0.710. The Morgan fingerprint density at radius 3 is 2.25 bits per heavy atom. The number of carboxylic acid groups (broad SMARTS) is 1. The third-order valence-corrected chi connectivity index (χ3v) is 5.71. The molecule has 20 heavy (non-hydrogen) atoms. The maximum atomic E-state index is 12.7. The minimum absolute atomic E-state index is 0.0227. The van der Waals surface area contributed by atoms with Crippen molar-refractivity contribution in [3.8, 4) is 0 Å². The summed E-state index contributed by atoms with van der Waals surface area (Å²) in [5.41, 5.74) is -0.522. The van der Waals surface area contributed by atoms with Crippen molar-refractivity contribution in [2.75, 3.05) is 5.75 Å². The molecule has 2 aliphatic rings. The molecule has 0 bridgehead atoms. The Bertz CT molecular complexity index is 385. The van der Waals surface area contributed by atoms with Gasteiger partial charge in [0.25, 0.3) is 0 Å². The topological polar surface area (TPSA) is 57.6 Å². The first kappa shape index (κ1) is 15.7. The molecule has 2 atom stereocenters. The van der Waals surface area contributed by atoms with E-state index in [0.717, 1.165) is 12.8 Å². The molecule has 2 fully saturated rings. The third kappa shape index (κ3) is 3.13. The second kappa shape index (κ2) is 5.96. The van der Waals surface area contributed by atoms with E-state index < -0.39 is 17.4 Å². The number of rotatable bonds is 2. The van der Waals surface area contributed by atoms with Crippen molar-refractivity contribution in [1.29, 1.82) is 0 Å². The highest BCUT2D eigenvalue weighted by Gasteiger charge is 2.47. The van der Waals surface area contributed by atoms with Gasteiger partial charge in [0.05, 0.1) is 5.37 Å². The number of hydrogen-bond donors (Lipinski definition) is 1. The first-order valence-electron chi connectivity index (χ1n) is 7.49. The Kier molecular flexibility index (Phi) is 4.67. The smallest absolute Gasteiger partial charge is 0.327 e. The summed E-state index contributed by atoms with van der Waals surface area (Å²) in [6.07, 6.45) is 5.92. The van der Waals surface area contributed by atoms with Gasteiger partial charge in [0.1, 0.15) is 6.04 Å². The highest BCUT2D eigenvalue weighted by molar-refractivity contribution is 8.00. The van der Waals surface area contributed by atoms with Crippen LogP contribution in [-0.2, 0) is 9.59 Å². The van der Waals surface area contributed by atoms with Crippen molar-refractivity contribution >= 4 is 23.6 Å². The average molecular weight is 299 g/mol. The van der Waals surface area contributed by atoms with Gasteiger partial charge in [-0.2, -0.15) is 0 Å². The zero-order chi connectivity index (χ0) is 14.9. The Morgan fingerprint density at radius 2 is 1.75 bits per heavy atom. The van der Waals surface area contributed by atoms with Gasteiger partial charge in [-0.05, 0) is 18.8 Å². The number of hydrogen-bond acceptors (Lipinski definition) is 3.